The molecule has 1 aromatic carbocycles. The lowest BCUT2D eigenvalue weighted by Crippen LogP contribution is -2.16. The molecule has 0 fully saturated rings. The Morgan fingerprint density at radius 3 is 1.20 bits per heavy atom. The summed E-state index contributed by atoms with van der Waals surface area (Å²) in [6.45, 7) is 12.4. The van der Waals surface area contributed by atoms with E-state index in [1.165, 1.54) is 0 Å². The van der Waals surface area contributed by atoms with Crippen LogP contribution in [-0.2, 0) is 58.8 Å². The van der Waals surface area contributed by atoms with Crippen LogP contribution in [-0.4, -0.2) is 146 Å². The standard InChI is InChI=1S/C32H54O14/c1-27(2)32(33)46-26-28-24-29(43-21-18-40-15-12-37-9-6-34-3)31(45-23-20-42-17-14-39-11-8-36-5)30(25-28)44-22-19-41-16-13-38-10-7-35-4/h24-25H,1,6-23,26H2,2-5H3. The van der Waals surface area contributed by atoms with E-state index in [2.05, 4.69) is 6.58 Å². The molecule has 0 aromatic heterocycles. The Bertz CT molecular complexity index is 855. The van der Waals surface area contributed by atoms with Crippen molar-refractivity contribution in [2.45, 2.75) is 13.5 Å². The first-order chi connectivity index (χ1) is 22.5. The van der Waals surface area contributed by atoms with E-state index in [0.717, 1.165) is 0 Å². The van der Waals surface area contributed by atoms with Crippen LogP contribution in [0.15, 0.2) is 24.3 Å². The van der Waals surface area contributed by atoms with Crippen LogP contribution >= 0.6 is 0 Å². The Morgan fingerprint density at radius 2 is 0.848 bits per heavy atom. The lowest BCUT2D eigenvalue weighted by atomic mass is 10.2. The smallest absolute Gasteiger partial charge is 0.333 e. The monoisotopic (exact) mass is 662 g/mol. The van der Waals surface area contributed by atoms with Gasteiger partial charge in [0.05, 0.1) is 99.1 Å². The number of carbonyl (C=O) groups is 1. The first-order valence-corrected chi connectivity index (χ1v) is 15.3. The number of carbonyl (C=O) groups excluding carboxylic acids is 1. The second-order valence-corrected chi connectivity index (χ2v) is 9.48. The minimum Gasteiger partial charge on any atom is -0.487 e. The van der Waals surface area contributed by atoms with Crippen molar-refractivity contribution in [3.63, 3.8) is 0 Å². The summed E-state index contributed by atoms with van der Waals surface area (Å²) in [5.41, 5.74) is 0.931. The van der Waals surface area contributed by atoms with Crippen molar-refractivity contribution >= 4 is 5.97 Å². The summed E-state index contributed by atoms with van der Waals surface area (Å²) in [4.78, 5) is 12.1. The molecule has 1 rings (SSSR count). The van der Waals surface area contributed by atoms with Crippen LogP contribution in [0.1, 0.15) is 12.5 Å². The van der Waals surface area contributed by atoms with Gasteiger partial charge in [0.25, 0.3) is 0 Å². The molecule has 0 amide bonds. The van der Waals surface area contributed by atoms with Crippen LogP contribution in [0.2, 0.25) is 0 Å². The molecule has 14 nitrogen and oxygen atoms in total. The third-order valence-electron chi connectivity index (χ3n) is 5.65. The van der Waals surface area contributed by atoms with E-state index >= 15 is 0 Å². The van der Waals surface area contributed by atoms with Crippen molar-refractivity contribution in [2.75, 3.05) is 140 Å². The quantitative estimate of drug-likeness (QED) is 0.0619. The van der Waals surface area contributed by atoms with Crippen LogP contribution in [0.4, 0.5) is 0 Å². The number of methoxy groups -OCH3 is 3. The molecule has 266 valence electrons. The van der Waals surface area contributed by atoms with Gasteiger partial charge >= 0.3 is 5.97 Å². The van der Waals surface area contributed by atoms with Gasteiger partial charge in [-0.1, -0.05) is 6.58 Å². The molecular formula is C32H54O14. The SMILES string of the molecule is C=C(C)C(=O)OCc1cc(OCCOCCOCCOC)c(OCCOCCOCCOC)c(OCCOCCOCCOC)c1. The molecule has 0 saturated carbocycles. The minimum absolute atomic E-state index is 0.0184. The molecule has 0 aliphatic heterocycles. The van der Waals surface area contributed by atoms with Crippen LogP contribution in [0, 0.1) is 0 Å². The van der Waals surface area contributed by atoms with E-state index in [0.29, 0.717) is 127 Å². The van der Waals surface area contributed by atoms with Gasteiger partial charge in [-0.05, 0) is 24.6 Å². The van der Waals surface area contributed by atoms with Crippen molar-refractivity contribution in [1.29, 1.82) is 0 Å². The molecule has 0 unspecified atom stereocenters. The van der Waals surface area contributed by atoms with Gasteiger partial charge in [-0.15, -0.1) is 0 Å². The molecule has 14 heteroatoms. The maximum absolute atomic E-state index is 12.1. The van der Waals surface area contributed by atoms with Crippen molar-refractivity contribution in [3.05, 3.63) is 29.8 Å². The van der Waals surface area contributed by atoms with E-state index in [-0.39, 0.29) is 26.4 Å². The van der Waals surface area contributed by atoms with E-state index in [9.17, 15) is 4.79 Å². The first kappa shape index (κ1) is 41.5. The lowest BCUT2D eigenvalue weighted by molar-refractivity contribution is -0.140. The van der Waals surface area contributed by atoms with E-state index in [4.69, 9.17) is 61.6 Å². The minimum atomic E-state index is -0.504. The zero-order chi connectivity index (χ0) is 33.5. The molecule has 0 aliphatic rings. The Kier molecular flexibility index (Phi) is 26.9. The predicted octanol–water partition coefficient (Wildman–Crippen LogP) is 2.48. The fourth-order valence-electron chi connectivity index (χ4n) is 3.36. The molecule has 46 heavy (non-hydrogen) atoms. The average Bonchev–Trinajstić information content (AvgIpc) is 3.05. The second kappa shape index (κ2) is 29.8. The van der Waals surface area contributed by atoms with E-state index < -0.39 is 5.97 Å². The van der Waals surface area contributed by atoms with E-state index in [1.807, 2.05) is 0 Å². The Hall–Kier alpha value is -2.53. The van der Waals surface area contributed by atoms with E-state index in [1.54, 1.807) is 40.4 Å². The molecule has 0 bridgehead atoms. The zero-order valence-corrected chi connectivity index (χ0v) is 28.0. The maximum atomic E-state index is 12.1. The second-order valence-electron chi connectivity index (χ2n) is 9.48. The van der Waals surface area contributed by atoms with Crippen molar-refractivity contribution in [3.8, 4) is 17.2 Å². The molecule has 0 atom stereocenters. The number of hydrogen-bond donors (Lipinski definition) is 0. The highest BCUT2D eigenvalue weighted by Crippen LogP contribution is 2.39. The van der Waals surface area contributed by atoms with Gasteiger partial charge in [0.1, 0.15) is 26.4 Å². The largest absolute Gasteiger partial charge is 0.487 e. The van der Waals surface area contributed by atoms with Gasteiger partial charge in [-0.2, -0.15) is 0 Å². The predicted molar refractivity (Wildman–Crippen MR) is 168 cm³/mol. The van der Waals surface area contributed by atoms with Gasteiger partial charge in [0.2, 0.25) is 5.75 Å². The summed E-state index contributed by atoms with van der Waals surface area (Å²) in [6.07, 6.45) is 0. The Labute approximate surface area is 273 Å². The fraction of sp³-hybridized carbons (Fsp3) is 0.719. The van der Waals surface area contributed by atoms with Gasteiger partial charge < -0.3 is 61.6 Å². The van der Waals surface area contributed by atoms with Crippen molar-refractivity contribution in [2.24, 2.45) is 0 Å². The van der Waals surface area contributed by atoms with Crippen LogP contribution < -0.4 is 14.2 Å². The summed E-state index contributed by atoms with van der Waals surface area (Å²) in [7, 11) is 4.86. The van der Waals surface area contributed by atoms with Crippen LogP contribution in [0.25, 0.3) is 0 Å². The molecular weight excluding hydrogens is 608 g/mol. The highest BCUT2D eigenvalue weighted by molar-refractivity contribution is 5.86. The number of hydrogen-bond acceptors (Lipinski definition) is 14. The van der Waals surface area contributed by atoms with Crippen molar-refractivity contribution in [1.82, 2.24) is 0 Å². The normalized spacial score (nSPS) is 11.0. The summed E-state index contributed by atoms with van der Waals surface area (Å²) < 4.78 is 71.6. The molecule has 0 aliphatic carbocycles. The first-order valence-electron chi connectivity index (χ1n) is 15.3. The molecule has 0 spiro atoms. The molecule has 0 heterocycles. The summed E-state index contributed by atoms with van der Waals surface area (Å²) in [5.74, 6) is 0.667. The highest BCUT2D eigenvalue weighted by atomic mass is 16.6. The van der Waals surface area contributed by atoms with Crippen LogP contribution in [0.3, 0.4) is 0 Å². The van der Waals surface area contributed by atoms with Gasteiger partial charge in [0, 0.05) is 26.9 Å². The maximum Gasteiger partial charge on any atom is 0.333 e. The molecule has 1 aromatic rings. The third kappa shape index (κ3) is 22.1. The Morgan fingerprint density at radius 1 is 0.522 bits per heavy atom. The number of esters is 1. The zero-order valence-electron chi connectivity index (χ0n) is 28.0. The number of benzene rings is 1. The van der Waals surface area contributed by atoms with Gasteiger partial charge in [-0.3, -0.25) is 0 Å². The van der Waals surface area contributed by atoms with Gasteiger partial charge in [0.15, 0.2) is 11.5 Å². The third-order valence-corrected chi connectivity index (χ3v) is 5.65. The Balaban J connectivity index is 2.86. The van der Waals surface area contributed by atoms with Gasteiger partial charge in [-0.25, -0.2) is 4.79 Å². The highest BCUT2D eigenvalue weighted by Gasteiger charge is 2.17. The molecule has 0 saturated heterocycles. The van der Waals surface area contributed by atoms with Crippen LogP contribution in [0.5, 0.6) is 17.2 Å². The summed E-state index contributed by atoms with van der Waals surface area (Å²) in [5, 5.41) is 0. The topological polar surface area (TPSA) is 137 Å². The lowest BCUT2D eigenvalue weighted by Gasteiger charge is -2.19. The average molecular weight is 663 g/mol. The van der Waals surface area contributed by atoms with Crippen molar-refractivity contribution < 1.29 is 66.4 Å². The number of ether oxygens (including phenoxy) is 13. The summed E-state index contributed by atoms with van der Waals surface area (Å²) in [6, 6.07) is 3.47. The molecule has 0 N–H and O–H groups in total. The molecule has 0 radical (unpaired) electrons. The number of rotatable bonds is 33. The summed E-state index contributed by atoms with van der Waals surface area (Å²) >= 11 is 0. The fourth-order valence-corrected chi connectivity index (χ4v) is 3.36.